The van der Waals surface area contributed by atoms with E-state index >= 15 is 0 Å². The number of carbonyl (C=O) groups excluding carboxylic acids is 1. The predicted octanol–water partition coefficient (Wildman–Crippen LogP) is 4.92. The molecule has 0 radical (unpaired) electrons. The molecular formula is C21H29N3O. The summed E-state index contributed by atoms with van der Waals surface area (Å²) in [5.74, 6) is 1.04. The fourth-order valence-corrected chi connectivity index (χ4v) is 3.40. The van der Waals surface area contributed by atoms with Gasteiger partial charge < -0.3 is 5.32 Å². The van der Waals surface area contributed by atoms with Crippen molar-refractivity contribution >= 4 is 11.7 Å². The highest BCUT2D eigenvalue weighted by Gasteiger charge is 2.26. The molecule has 1 saturated carbocycles. The third kappa shape index (κ3) is 3.63. The van der Waals surface area contributed by atoms with Crippen LogP contribution >= 0.6 is 0 Å². The van der Waals surface area contributed by atoms with Crippen LogP contribution in [0.1, 0.15) is 63.3 Å². The minimum atomic E-state index is -0.0736. The van der Waals surface area contributed by atoms with Gasteiger partial charge in [-0.15, -0.1) is 0 Å². The Bertz CT molecular complexity index is 777. The topological polar surface area (TPSA) is 46.9 Å². The minimum absolute atomic E-state index is 0.0736. The van der Waals surface area contributed by atoms with E-state index in [4.69, 9.17) is 5.10 Å². The first-order chi connectivity index (χ1) is 11.8. The molecule has 0 unspecified atom stereocenters. The minimum Gasteiger partial charge on any atom is -0.310 e. The van der Waals surface area contributed by atoms with Crippen molar-refractivity contribution in [3.05, 3.63) is 41.1 Å². The predicted molar refractivity (Wildman–Crippen MR) is 102 cm³/mol. The number of benzene rings is 1. The zero-order chi connectivity index (χ0) is 18.2. The van der Waals surface area contributed by atoms with Crippen molar-refractivity contribution in [2.45, 2.75) is 65.7 Å². The van der Waals surface area contributed by atoms with E-state index in [0.29, 0.717) is 0 Å². The van der Waals surface area contributed by atoms with Crippen LogP contribution in [0.2, 0.25) is 0 Å². The third-order valence-corrected chi connectivity index (χ3v) is 5.26. The van der Waals surface area contributed by atoms with Crippen molar-refractivity contribution in [2.24, 2.45) is 5.92 Å². The Labute approximate surface area is 150 Å². The molecule has 0 bridgehead atoms. The summed E-state index contributed by atoms with van der Waals surface area (Å²) in [6, 6.07) is 8.23. The van der Waals surface area contributed by atoms with Gasteiger partial charge in [0.25, 0.3) is 0 Å². The van der Waals surface area contributed by atoms with Gasteiger partial charge in [0.05, 0.1) is 11.4 Å². The maximum absolute atomic E-state index is 12.7. The summed E-state index contributed by atoms with van der Waals surface area (Å²) in [6.07, 6.45) is 4.30. The Hall–Kier alpha value is -2.10. The number of amides is 1. The van der Waals surface area contributed by atoms with E-state index < -0.39 is 0 Å². The molecule has 1 aliphatic carbocycles. The van der Waals surface area contributed by atoms with Gasteiger partial charge in [0.2, 0.25) is 5.91 Å². The van der Waals surface area contributed by atoms with Crippen LogP contribution in [0.3, 0.4) is 0 Å². The average Bonchev–Trinajstić information content (AvgIpc) is 3.19. The second-order valence-corrected chi connectivity index (χ2v) is 8.27. The Kier molecular flexibility index (Phi) is 4.72. The second kappa shape index (κ2) is 6.66. The number of hydrogen-bond donors (Lipinski definition) is 1. The lowest BCUT2D eigenvalue weighted by molar-refractivity contribution is -0.119. The lowest BCUT2D eigenvalue weighted by atomic mass is 9.92. The van der Waals surface area contributed by atoms with Crippen LogP contribution in [0.4, 0.5) is 5.82 Å². The fourth-order valence-electron chi connectivity index (χ4n) is 3.40. The Morgan fingerprint density at radius 2 is 1.88 bits per heavy atom. The number of aromatic nitrogens is 2. The number of anilines is 1. The van der Waals surface area contributed by atoms with Crippen LogP contribution in [-0.2, 0) is 10.2 Å². The number of aryl methyl sites for hydroxylation is 1. The first-order valence-electron chi connectivity index (χ1n) is 9.25. The van der Waals surface area contributed by atoms with Crippen LogP contribution in [0.15, 0.2) is 24.3 Å². The summed E-state index contributed by atoms with van der Waals surface area (Å²) >= 11 is 0. The molecule has 1 heterocycles. The van der Waals surface area contributed by atoms with E-state index in [1.165, 1.54) is 11.1 Å². The van der Waals surface area contributed by atoms with E-state index in [9.17, 15) is 4.79 Å². The zero-order valence-electron chi connectivity index (χ0n) is 16.0. The molecule has 4 heteroatoms. The molecule has 1 N–H and O–H groups in total. The molecule has 4 nitrogen and oxygen atoms in total. The van der Waals surface area contributed by atoms with Gasteiger partial charge in [-0.1, -0.05) is 45.7 Å². The number of nitrogens with one attached hydrogen (secondary N) is 1. The fraction of sp³-hybridized carbons (Fsp3) is 0.524. The maximum atomic E-state index is 12.7. The van der Waals surface area contributed by atoms with Crippen molar-refractivity contribution in [2.75, 3.05) is 5.32 Å². The first kappa shape index (κ1) is 17.7. The molecule has 0 atom stereocenters. The lowest BCUT2D eigenvalue weighted by Crippen LogP contribution is -2.22. The Morgan fingerprint density at radius 1 is 1.20 bits per heavy atom. The van der Waals surface area contributed by atoms with E-state index in [-0.39, 0.29) is 17.2 Å². The van der Waals surface area contributed by atoms with Crippen molar-refractivity contribution in [1.82, 2.24) is 9.78 Å². The highest BCUT2D eigenvalue weighted by Crippen LogP contribution is 2.30. The van der Waals surface area contributed by atoms with Crippen LogP contribution in [-0.4, -0.2) is 15.7 Å². The van der Waals surface area contributed by atoms with Gasteiger partial charge in [0.1, 0.15) is 5.82 Å². The summed E-state index contributed by atoms with van der Waals surface area (Å²) in [5.41, 5.74) is 4.34. The number of nitrogens with zero attached hydrogens (tertiary/aromatic N) is 2. The lowest BCUT2D eigenvalue weighted by Gasteiger charge is -2.15. The molecule has 2 aromatic rings. The molecule has 1 fully saturated rings. The molecule has 1 aliphatic rings. The highest BCUT2D eigenvalue weighted by atomic mass is 16.2. The van der Waals surface area contributed by atoms with Crippen LogP contribution in [0.25, 0.3) is 5.69 Å². The van der Waals surface area contributed by atoms with Gasteiger partial charge >= 0.3 is 0 Å². The van der Waals surface area contributed by atoms with Crippen molar-refractivity contribution in [3.63, 3.8) is 0 Å². The Morgan fingerprint density at radius 3 is 2.52 bits per heavy atom. The highest BCUT2D eigenvalue weighted by molar-refractivity contribution is 5.92. The van der Waals surface area contributed by atoms with Crippen LogP contribution < -0.4 is 5.32 Å². The molecule has 1 aromatic carbocycles. The maximum Gasteiger partial charge on any atom is 0.228 e. The van der Waals surface area contributed by atoms with Gasteiger partial charge in [-0.2, -0.15) is 5.10 Å². The molecule has 0 spiro atoms. The SMILES string of the molecule is Cc1cccc(-n2nc(C(C)(C)C)cc2NC(=O)C2CCCC2)c1C. The van der Waals surface area contributed by atoms with Crippen LogP contribution in [0, 0.1) is 19.8 Å². The van der Waals surface area contributed by atoms with E-state index in [0.717, 1.165) is 42.9 Å². The average molecular weight is 339 g/mol. The molecule has 3 rings (SSSR count). The second-order valence-electron chi connectivity index (χ2n) is 8.27. The van der Waals surface area contributed by atoms with Gasteiger partial charge in [-0.3, -0.25) is 4.79 Å². The summed E-state index contributed by atoms with van der Waals surface area (Å²) < 4.78 is 1.90. The van der Waals surface area contributed by atoms with E-state index in [1.54, 1.807) is 0 Å². The molecular weight excluding hydrogens is 310 g/mol. The first-order valence-corrected chi connectivity index (χ1v) is 9.25. The van der Waals surface area contributed by atoms with Gasteiger partial charge in [0.15, 0.2) is 0 Å². The van der Waals surface area contributed by atoms with Crippen molar-refractivity contribution in [3.8, 4) is 5.69 Å². The van der Waals surface area contributed by atoms with Gasteiger partial charge in [-0.25, -0.2) is 4.68 Å². The smallest absolute Gasteiger partial charge is 0.228 e. The summed E-state index contributed by atoms with van der Waals surface area (Å²) in [7, 11) is 0. The van der Waals surface area contributed by atoms with Crippen molar-refractivity contribution < 1.29 is 4.79 Å². The Balaban J connectivity index is 2.02. The molecule has 0 aliphatic heterocycles. The molecule has 134 valence electrons. The van der Waals surface area contributed by atoms with Crippen LogP contribution in [0.5, 0.6) is 0 Å². The standard InChI is InChI=1S/C21H29N3O/c1-14-9-8-12-17(15(14)2)24-19(13-18(23-24)21(3,4)5)22-20(25)16-10-6-7-11-16/h8-9,12-13,16H,6-7,10-11H2,1-5H3,(H,22,25). The molecule has 1 amide bonds. The molecule has 1 aromatic heterocycles. The number of carbonyl (C=O) groups is 1. The zero-order valence-corrected chi connectivity index (χ0v) is 16.0. The third-order valence-electron chi connectivity index (χ3n) is 5.26. The molecule has 25 heavy (non-hydrogen) atoms. The number of rotatable bonds is 3. The van der Waals surface area contributed by atoms with E-state index in [2.05, 4.69) is 52.1 Å². The number of hydrogen-bond acceptors (Lipinski definition) is 2. The largest absolute Gasteiger partial charge is 0.310 e. The van der Waals surface area contributed by atoms with Gasteiger partial charge in [0, 0.05) is 17.4 Å². The quantitative estimate of drug-likeness (QED) is 0.863. The van der Waals surface area contributed by atoms with E-state index in [1.807, 2.05) is 16.8 Å². The summed E-state index contributed by atoms with van der Waals surface area (Å²) in [5, 5.41) is 7.99. The molecule has 0 saturated heterocycles. The summed E-state index contributed by atoms with van der Waals surface area (Å²) in [4.78, 5) is 12.7. The normalized spacial score (nSPS) is 15.6. The van der Waals surface area contributed by atoms with Crippen molar-refractivity contribution in [1.29, 1.82) is 0 Å². The van der Waals surface area contributed by atoms with Gasteiger partial charge in [-0.05, 0) is 43.9 Å². The monoisotopic (exact) mass is 339 g/mol. The summed E-state index contributed by atoms with van der Waals surface area (Å²) in [6.45, 7) is 10.6.